The third-order valence-electron chi connectivity index (χ3n) is 5.25. The molecule has 5 heteroatoms. The second kappa shape index (κ2) is 8.15. The average molecular weight is 382 g/mol. The molecule has 0 saturated carbocycles. The van der Waals surface area contributed by atoms with Crippen LogP contribution in [0.5, 0.6) is 5.75 Å². The molecule has 3 aromatic rings. The van der Waals surface area contributed by atoms with Gasteiger partial charge in [0, 0.05) is 37.1 Å². The molecule has 1 aliphatic rings. The molecule has 1 unspecified atom stereocenters. The third kappa shape index (κ3) is 3.67. The Kier molecular flexibility index (Phi) is 5.44. The topological polar surface area (TPSA) is 17.4 Å². The molecule has 1 aromatic heterocycles. The number of benzene rings is 2. The zero-order valence-corrected chi connectivity index (χ0v) is 15.9. The Balaban J connectivity index is 1.72. The van der Waals surface area contributed by atoms with Crippen LogP contribution < -0.4 is 4.74 Å². The normalized spacial score (nSPS) is 17.2. The number of aryl methyl sites for hydroxylation is 1. The van der Waals surface area contributed by atoms with Crippen LogP contribution in [-0.2, 0) is 13.1 Å². The molecule has 28 heavy (non-hydrogen) atoms. The van der Waals surface area contributed by atoms with E-state index in [4.69, 9.17) is 4.74 Å². The van der Waals surface area contributed by atoms with Gasteiger partial charge in [-0.25, -0.2) is 8.78 Å². The highest BCUT2D eigenvalue weighted by molar-refractivity contribution is 5.33. The van der Waals surface area contributed by atoms with Crippen molar-refractivity contribution >= 4 is 0 Å². The van der Waals surface area contributed by atoms with Gasteiger partial charge in [-0.15, -0.1) is 0 Å². The van der Waals surface area contributed by atoms with Gasteiger partial charge in [-0.1, -0.05) is 18.2 Å². The van der Waals surface area contributed by atoms with E-state index < -0.39 is 17.7 Å². The number of ether oxygens (including phenoxy) is 1. The summed E-state index contributed by atoms with van der Waals surface area (Å²) in [6.45, 7) is 4.78. The Labute approximate surface area is 164 Å². The van der Waals surface area contributed by atoms with Crippen LogP contribution in [0.3, 0.4) is 0 Å². The number of hydrogen-bond donors (Lipinski definition) is 0. The Morgan fingerprint density at radius 3 is 2.43 bits per heavy atom. The summed E-state index contributed by atoms with van der Waals surface area (Å²) in [4.78, 5) is 2.16. The van der Waals surface area contributed by atoms with Gasteiger partial charge < -0.3 is 9.30 Å². The first-order valence-electron chi connectivity index (χ1n) is 9.72. The summed E-state index contributed by atoms with van der Waals surface area (Å²) in [6, 6.07) is 15.5. The zero-order chi connectivity index (χ0) is 19.5. The van der Waals surface area contributed by atoms with Crippen LogP contribution in [0.4, 0.5) is 8.78 Å². The van der Waals surface area contributed by atoms with Crippen molar-refractivity contribution in [2.45, 2.75) is 32.5 Å². The first-order valence-corrected chi connectivity index (χ1v) is 9.72. The van der Waals surface area contributed by atoms with Crippen LogP contribution in [0.2, 0.25) is 0 Å². The van der Waals surface area contributed by atoms with Crippen LogP contribution in [0.25, 0.3) is 0 Å². The molecular weight excluding hydrogens is 358 g/mol. The van der Waals surface area contributed by atoms with E-state index in [2.05, 4.69) is 9.47 Å². The van der Waals surface area contributed by atoms with E-state index in [9.17, 15) is 8.78 Å². The van der Waals surface area contributed by atoms with E-state index in [0.29, 0.717) is 13.2 Å². The standard InChI is InChI=1S/C23H24F2N2O/c1-2-28-18-11-9-17(10-12-18)16-27-15-5-14-26-13-4-8-21(26)23(27)22-19(24)6-3-7-20(22)25/h3-4,6-13,23H,2,5,14-16H2,1H3. The maximum Gasteiger partial charge on any atom is 0.131 e. The molecule has 0 saturated heterocycles. The molecule has 0 spiro atoms. The lowest BCUT2D eigenvalue weighted by Crippen LogP contribution is -2.30. The molecule has 1 aliphatic heterocycles. The Bertz CT molecular complexity index is 916. The summed E-state index contributed by atoms with van der Waals surface area (Å²) >= 11 is 0. The molecule has 0 N–H and O–H groups in total. The molecule has 2 heterocycles. The number of rotatable bonds is 5. The van der Waals surface area contributed by atoms with Crippen LogP contribution in [0.15, 0.2) is 60.8 Å². The van der Waals surface area contributed by atoms with E-state index in [0.717, 1.165) is 36.5 Å². The minimum Gasteiger partial charge on any atom is -0.494 e. The monoisotopic (exact) mass is 382 g/mol. The van der Waals surface area contributed by atoms with E-state index in [1.807, 2.05) is 49.5 Å². The SMILES string of the molecule is CCOc1ccc(CN2CCCn3cccc3C2c2c(F)cccc2F)cc1. The molecule has 4 rings (SSSR count). The first-order chi connectivity index (χ1) is 13.7. The molecule has 0 aliphatic carbocycles. The highest BCUT2D eigenvalue weighted by Gasteiger charge is 2.31. The lowest BCUT2D eigenvalue weighted by molar-refractivity contribution is 0.212. The molecule has 146 valence electrons. The smallest absolute Gasteiger partial charge is 0.131 e. The lowest BCUT2D eigenvalue weighted by atomic mass is 9.99. The molecule has 1 atom stereocenters. The average Bonchev–Trinajstić information content (AvgIpc) is 3.07. The Morgan fingerprint density at radius 1 is 0.964 bits per heavy atom. The van der Waals surface area contributed by atoms with Gasteiger partial charge in [0.2, 0.25) is 0 Å². The third-order valence-corrected chi connectivity index (χ3v) is 5.25. The van der Waals surface area contributed by atoms with Gasteiger partial charge in [-0.3, -0.25) is 4.90 Å². The molecule has 0 bridgehead atoms. The van der Waals surface area contributed by atoms with Gasteiger partial charge in [0.25, 0.3) is 0 Å². The molecule has 2 aromatic carbocycles. The van der Waals surface area contributed by atoms with Crippen molar-refractivity contribution in [1.29, 1.82) is 0 Å². The maximum absolute atomic E-state index is 14.7. The van der Waals surface area contributed by atoms with Crippen molar-refractivity contribution < 1.29 is 13.5 Å². The molecule has 0 amide bonds. The molecule has 3 nitrogen and oxygen atoms in total. The van der Waals surface area contributed by atoms with Gasteiger partial charge in [0.15, 0.2) is 0 Å². The van der Waals surface area contributed by atoms with Crippen LogP contribution in [0, 0.1) is 11.6 Å². The van der Waals surface area contributed by atoms with Crippen molar-refractivity contribution in [3.8, 4) is 5.75 Å². The largest absolute Gasteiger partial charge is 0.494 e. The van der Waals surface area contributed by atoms with E-state index in [-0.39, 0.29) is 5.56 Å². The Morgan fingerprint density at radius 2 is 1.71 bits per heavy atom. The van der Waals surface area contributed by atoms with Crippen molar-refractivity contribution in [3.05, 3.63) is 89.2 Å². The molecule has 0 radical (unpaired) electrons. The van der Waals surface area contributed by atoms with Gasteiger partial charge in [0.1, 0.15) is 17.4 Å². The molecular formula is C23H24F2N2O. The molecule has 0 fully saturated rings. The number of hydrogen-bond acceptors (Lipinski definition) is 2. The summed E-state index contributed by atoms with van der Waals surface area (Å²) in [5.74, 6) is -0.180. The fraction of sp³-hybridized carbons (Fsp3) is 0.304. The summed E-state index contributed by atoms with van der Waals surface area (Å²) in [5.41, 5.74) is 2.13. The highest BCUT2D eigenvalue weighted by Crippen LogP contribution is 2.35. The van der Waals surface area contributed by atoms with Crippen molar-refractivity contribution in [2.75, 3.05) is 13.2 Å². The Hall–Kier alpha value is -2.66. The quantitative estimate of drug-likeness (QED) is 0.606. The fourth-order valence-corrected chi connectivity index (χ4v) is 4.00. The van der Waals surface area contributed by atoms with E-state index in [1.54, 1.807) is 0 Å². The minimum absolute atomic E-state index is 0.121. The predicted molar refractivity (Wildman–Crippen MR) is 105 cm³/mol. The summed E-state index contributed by atoms with van der Waals surface area (Å²) < 4.78 is 37.1. The van der Waals surface area contributed by atoms with E-state index >= 15 is 0 Å². The number of nitrogens with zero attached hydrogens (tertiary/aromatic N) is 2. The lowest BCUT2D eigenvalue weighted by Gasteiger charge is -2.31. The van der Waals surface area contributed by atoms with Crippen LogP contribution in [0.1, 0.15) is 36.2 Å². The van der Waals surface area contributed by atoms with E-state index in [1.165, 1.54) is 18.2 Å². The predicted octanol–water partition coefficient (Wildman–Crippen LogP) is 5.16. The van der Waals surface area contributed by atoms with Crippen LogP contribution >= 0.6 is 0 Å². The second-order valence-corrected chi connectivity index (χ2v) is 7.07. The number of aromatic nitrogens is 1. The first kappa shape index (κ1) is 18.7. The van der Waals surface area contributed by atoms with Crippen molar-refractivity contribution in [3.63, 3.8) is 0 Å². The van der Waals surface area contributed by atoms with Gasteiger partial charge in [-0.05, 0) is 55.3 Å². The minimum atomic E-state index is -0.503. The van der Waals surface area contributed by atoms with Crippen molar-refractivity contribution in [1.82, 2.24) is 9.47 Å². The van der Waals surface area contributed by atoms with Gasteiger partial charge in [-0.2, -0.15) is 0 Å². The summed E-state index contributed by atoms with van der Waals surface area (Å²) in [7, 11) is 0. The second-order valence-electron chi connectivity index (χ2n) is 7.07. The van der Waals surface area contributed by atoms with Gasteiger partial charge >= 0.3 is 0 Å². The summed E-state index contributed by atoms with van der Waals surface area (Å²) in [6.07, 6.45) is 2.91. The van der Waals surface area contributed by atoms with Crippen LogP contribution in [-0.4, -0.2) is 22.6 Å². The highest BCUT2D eigenvalue weighted by atomic mass is 19.1. The fourth-order valence-electron chi connectivity index (χ4n) is 4.00. The zero-order valence-electron chi connectivity index (χ0n) is 15.9. The van der Waals surface area contributed by atoms with Crippen molar-refractivity contribution in [2.24, 2.45) is 0 Å². The number of fused-ring (bicyclic) bond motifs is 1. The number of halogens is 2. The summed E-state index contributed by atoms with van der Waals surface area (Å²) in [5, 5.41) is 0. The van der Waals surface area contributed by atoms with Gasteiger partial charge in [0.05, 0.1) is 12.6 Å². The maximum atomic E-state index is 14.7.